The Morgan fingerprint density at radius 2 is 1.77 bits per heavy atom. The molecule has 1 aliphatic carbocycles. The number of phenolic OH excluding ortho intramolecular Hbond substituents is 1. The van der Waals surface area contributed by atoms with Crippen molar-refractivity contribution in [3.05, 3.63) is 73.1 Å². The molecule has 0 bridgehead atoms. The van der Waals surface area contributed by atoms with Gasteiger partial charge in [0.15, 0.2) is 5.65 Å². The highest BCUT2D eigenvalue weighted by Gasteiger charge is 2.23. The number of aromatic amines is 2. The fraction of sp³-hybridized carbons (Fsp3) is 0.167. The molecule has 7 rings (SSSR count). The number of aromatic hydroxyl groups is 1. The van der Waals surface area contributed by atoms with Gasteiger partial charge in [-0.2, -0.15) is 5.10 Å². The second kappa shape index (κ2) is 9.57. The Hall–Kier alpha value is -5.12. The quantitative estimate of drug-likeness (QED) is 0.208. The number of anilines is 1. The van der Waals surface area contributed by atoms with Crippen LogP contribution in [0.15, 0.2) is 67.3 Å². The lowest BCUT2D eigenvalue weighted by Gasteiger charge is -2.11. The standard InChI is InChI=1S/C30H24FN7O2/c31-20-7-17(9-22(39)11-20)23-5-6-33-28-24(23)12-26(36-28)27-25-10-19(14-34-29(25)38-37-27)18-8-21(15-32-13-18)35-30(40)16-3-1-2-4-16/h5-16,39H,1-4H2,(H,33,36)(H,35,40)(H,34,37,38). The Kier molecular flexibility index (Phi) is 5.73. The van der Waals surface area contributed by atoms with E-state index in [1.807, 2.05) is 18.2 Å². The zero-order valence-corrected chi connectivity index (χ0v) is 21.3. The predicted octanol–water partition coefficient (Wildman–Crippen LogP) is 6.20. The van der Waals surface area contributed by atoms with Gasteiger partial charge in [-0.05, 0) is 60.4 Å². The molecule has 9 nitrogen and oxygen atoms in total. The fourth-order valence-electron chi connectivity index (χ4n) is 5.50. The minimum Gasteiger partial charge on any atom is -0.508 e. The lowest BCUT2D eigenvalue weighted by atomic mass is 10.0. The number of benzene rings is 1. The van der Waals surface area contributed by atoms with Gasteiger partial charge in [0.05, 0.1) is 17.6 Å². The number of fused-ring (bicyclic) bond motifs is 2. The lowest BCUT2D eigenvalue weighted by molar-refractivity contribution is -0.119. The van der Waals surface area contributed by atoms with Crippen LogP contribution >= 0.6 is 0 Å². The number of nitrogens with one attached hydrogen (secondary N) is 3. The van der Waals surface area contributed by atoms with Crippen molar-refractivity contribution in [2.24, 2.45) is 5.92 Å². The summed E-state index contributed by atoms with van der Waals surface area (Å²) < 4.78 is 14.0. The molecule has 6 aromatic rings. The number of rotatable bonds is 5. The summed E-state index contributed by atoms with van der Waals surface area (Å²) in [5, 5.41) is 22.0. The first-order valence-electron chi connectivity index (χ1n) is 13.1. The zero-order valence-electron chi connectivity index (χ0n) is 21.3. The van der Waals surface area contributed by atoms with Crippen LogP contribution in [0.2, 0.25) is 0 Å². The predicted molar refractivity (Wildman–Crippen MR) is 150 cm³/mol. The Morgan fingerprint density at radius 1 is 0.925 bits per heavy atom. The molecular formula is C30H24FN7O2. The summed E-state index contributed by atoms with van der Waals surface area (Å²) in [7, 11) is 0. The third-order valence-electron chi connectivity index (χ3n) is 7.46. The molecule has 0 radical (unpaired) electrons. The summed E-state index contributed by atoms with van der Waals surface area (Å²) in [6, 6.07) is 11.5. The Bertz CT molecular complexity index is 1890. The highest BCUT2D eigenvalue weighted by atomic mass is 19.1. The van der Waals surface area contributed by atoms with Crippen LogP contribution in [-0.2, 0) is 4.79 Å². The fourth-order valence-corrected chi connectivity index (χ4v) is 5.50. The molecule has 0 unspecified atom stereocenters. The Balaban J connectivity index is 1.25. The molecule has 10 heteroatoms. The largest absolute Gasteiger partial charge is 0.508 e. The normalized spacial score (nSPS) is 13.8. The van der Waals surface area contributed by atoms with Crippen LogP contribution in [0.3, 0.4) is 0 Å². The van der Waals surface area contributed by atoms with Gasteiger partial charge in [-0.25, -0.2) is 14.4 Å². The molecule has 1 fully saturated rings. The van der Waals surface area contributed by atoms with Crippen LogP contribution < -0.4 is 5.32 Å². The molecule has 1 amide bonds. The van der Waals surface area contributed by atoms with Crippen molar-refractivity contribution < 1.29 is 14.3 Å². The number of aromatic nitrogens is 6. The van der Waals surface area contributed by atoms with Crippen LogP contribution in [0.5, 0.6) is 5.75 Å². The maximum absolute atomic E-state index is 14.0. The first-order chi connectivity index (χ1) is 19.5. The number of halogens is 1. The molecule has 1 aliphatic rings. The van der Waals surface area contributed by atoms with Gasteiger partial charge in [-0.1, -0.05) is 12.8 Å². The van der Waals surface area contributed by atoms with Crippen LogP contribution in [0.4, 0.5) is 10.1 Å². The van der Waals surface area contributed by atoms with Crippen LogP contribution in [0.25, 0.3) is 55.7 Å². The van der Waals surface area contributed by atoms with Crippen molar-refractivity contribution in [2.45, 2.75) is 25.7 Å². The molecule has 198 valence electrons. The monoisotopic (exact) mass is 533 g/mol. The van der Waals surface area contributed by atoms with Crippen molar-refractivity contribution in [3.63, 3.8) is 0 Å². The van der Waals surface area contributed by atoms with Gasteiger partial charge in [-0.3, -0.25) is 14.9 Å². The minimum absolute atomic E-state index is 0.0439. The van der Waals surface area contributed by atoms with E-state index in [2.05, 4.69) is 35.5 Å². The van der Waals surface area contributed by atoms with Gasteiger partial charge in [0.2, 0.25) is 5.91 Å². The van der Waals surface area contributed by atoms with Crippen molar-refractivity contribution in [3.8, 4) is 39.4 Å². The second-order valence-corrected chi connectivity index (χ2v) is 10.1. The summed E-state index contributed by atoms with van der Waals surface area (Å²) >= 11 is 0. The first kappa shape index (κ1) is 24.0. The number of pyridine rings is 3. The summed E-state index contributed by atoms with van der Waals surface area (Å²) in [5.74, 6) is -0.566. The number of nitrogens with zero attached hydrogens (tertiary/aromatic N) is 4. The molecule has 0 aliphatic heterocycles. The molecular weight excluding hydrogens is 509 g/mol. The SMILES string of the molecule is O=C(Nc1cncc(-c2cnc3[nH]nc(-c4cc5c(-c6cc(O)cc(F)c6)ccnc5[nH]4)c3c2)c1)C1CCCC1. The summed E-state index contributed by atoms with van der Waals surface area (Å²) in [4.78, 5) is 29.3. The van der Waals surface area contributed by atoms with Gasteiger partial charge in [0.1, 0.15) is 22.9 Å². The highest BCUT2D eigenvalue weighted by Crippen LogP contribution is 2.35. The zero-order chi connectivity index (χ0) is 27.2. The number of hydrogen-bond acceptors (Lipinski definition) is 6. The van der Waals surface area contributed by atoms with E-state index >= 15 is 0 Å². The average Bonchev–Trinajstić information content (AvgIpc) is 3.71. The number of amides is 1. The van der Waals surface area contributed by atoms with Crippen molar-refractivity contribution in [1.29, 1.82) is 0 Å². The second-order valence-electron chi connectivity index (χ2n) is 10.1. The molecule has 40 heavy (non-hydrogen) atoms. The van der Waals surface area contributed by atoms with Gasteiger partial charge in [-0.15, -0.1) is 0 Å². The third-order valence-corrected chi connectivity index (χ3v) is 7.46. The number of phenols is 1. The van der Waals surface area contributed by atoms with E-state index in [9.17, 15) is 14.3 Å². The molecule has 0 atom stereocenters. The first-order valence-corrected chi connectivity index (χ1v) is 13.1. The van der Waals surface area contributed by atoms with Gasteiger partial charge < -0.3 is 15.4 Å². The number of H-pyrrole nitrogens is 2. The number of carbonyl (C=O) groups excluding carboxylic acids is 1. The molecule has 5 heterocycles. The minimum atomic E-state index is -0.524. The van der Waals surface area contributed by atoms with Gasteiger partial charge in [0.25, 0.3) is 0 Å². The summed E-state index contributed by atoms with van der Waals surface area (Å²) in [6.07, 6.45) is 10.8. The maximum Gasteiger partial charge on any atom is 0.227 e. The molecule has 5 aromatic heterocycles. The number of hydrogen-bond donors (Lipinski definition) is 4. The van der Waals surface area contributed by atoms with Crippen molar-refractivity contribution >= 4 is 33.7 Å². The average molecular weight is 534 g/mol. The van der Waals surface area contributed by atoms with Crippen LogP contribution in [0.1, 0.15) is 25.7 Å². The highest BCUT2D eigenvalue weighted by molar-refractivity contribution is 6.00. The summed E-state index contributed by atoms with van der Waals surface area (Å²) in [5.41, 5.74) is 6.12. The van der Waals surface area contributed by atoms with E-state index in [4.69, 9.17) is 0 Å². The van der Waals surface area contributed by atoms with Crippen molar-refractivity contribution in [1.82, 2.24) is 30.1 Å². The Morgan fingerprint density at radius 3 is 2.62 bits per heavy atom. The Labute approximate surface area is 227 Å². The van der Waals surface area contributed by atoms with Crippen molar-refractivity contribution in [2.75, 3.05) is 5.32 Å². The van der Waals surface area contributed by atoms with E-state index in [1.54, 1.807) is 30.9 Å². The van der Waals surface area contributed by atoms with Crippen LogP contribution in [0, 0.1) is 11.7 Å². The third kappa shape index (κ3) is 4.33. The van der Waals surface area contributed by atoms with E-state index in [0.717, 1.165) is 59.2 Å². The molecule has 4 N–H and O–H groups in total. The summed E-state index contributed by atoms with van der Waals surface area (Å²) in [6.45, 7) is 0. The maximum atomic E-state index is 14.0. The topological polar surface area (TPSA) is 132 Å². The smallest absolute Gasteiger partial charge is 0.227 e. The molecule has 0 spiro atoms. The van der Waals surface area contributed by atoms with E-state index in [0.29, 0.717) is 33.9 Å². The van der Waals surface area contributed by atoms with Crippen LogP contribution in [-0.4, -0.2) is 41.1 Å². The van der Waals surface area contributed by atoms with E-state index < -0.39 is 5.82 Å². The van der Waals surface area contributed by atoms with E-state index in [1.165, 1.54) is 12.1 Å². The van der Waals surface area contributed by atoms with E-state index in [-0.39, 0.29) is 17.6 Å². The molecule has 1 saturated carbocycles. The molecule has 1 aromatic carbocycles. The molecule has 0 saturated heterocycles. The van der Waals surface area contributed by atoms with Gasteiger partial charge >= 0.3 is 0 Å². The van der Waals surface area contributed by atoms with Gasteiger partial charge in [0, 0.05) is 52.5 Å². The lowest BCUT2D eigenvalue weighted by Crippen LogP contribution is -2.20. The number of carbonyl (C=O) groups is 1.